The second kappa shape index (κ2) is 13.3. The van der Waals surface area contributed by atoms with Crippen LogP contribution in [0.2, 0.25) is 0 Å². The third-order valence-corrected chi connectivity index (χ3v) is 14.6. The molecule has 4 aliphatic carbocycles. The van der Waals surface area contributed by atoms with Crippen molar-refractivity contribution in [2.45, 2.75) is 114 Å². The van der Waals surface area contributed by atoms with Crippen LogP contribution in [0, 0.1) is 22.7 Å². The van der Waals surface area contributed by atoms with E-state index in [9.17, 15) is 24.3 Å². The minimum Gasteiger partial charge on any atom is -0.481 e. The molecule has 1 heterocycles. The lowest BCUT2D eigenvalue weighted by Gasteiger charge is -2.63. The number of aliphatic carboxylic acids is 1. The molecule has 0 spiro atoms. The Labute approximate surface area is 288 Å². The van der Waals surface area contributed by atoms with Gasteiger partial charge >= 0.3 is 12.1 Å². The molecule has 10 atom stereocenters. The lowest BCUT2D eigenvalue weighted by molar-refractivity contribution is -0.234. The number of amides is 1. The normalized spacial score (nSPS) is 39.9. The fourth-order valence-corrected chi connectivity index (χ4v) is 11.6. The molecule has 0 aromatic carbocycles. The first kappa shape index (κ1) is 37.3. The number of nitrogens with zero attached hydrogens (tertiary/aromatic N) is 1. The summed E-state index contributed by atoms with van der Waals surface area (Å²) in [6.45, 7) is 8.54. The number of ether oxygens (including phenoxy) is 3. The van der Waals surface area contributed by atoms with Gasteiger partial charge in [0.2, 0.25) is 5.78 Å². The van der Waals surface area contributed by atoms with Gasteiger partial charge in [0.1, 0.15) is 6.17 Å². The predicted octanol–water partition coefficient (Wildman–Crippen LogP) is 5.47. The van der Waals surface area contributed by atoms with E-state index in [0.717, 1.165) is 6.08 Å². The number of Topliss-reactive ketones (excluding diaryl/α,β-unsaturated/α-hetero) is 1. The maximum absolute atomic E-state index is 17.6. The second-order valence-electron chi connectivity index (χ2n) is 14.9. The molecule has 268 valence electrons. The van der Waals surface area contributed by atoms with E-state index in [-0.39, 0.29) is 37.8 Å². The zero-order valence-corrected chi connectivity index (χ0v) is 30.0. The van der Waals surface area contributed by atoms with Crippen LogP contribution < -0.4 is 0 Å². The maximum atomic E-state index is 17.6. The van der Waals surface area contributed by atoms with Crippen LogP contribution in [0.3, 0.4) is 0 Å². The van der Waals surface area contributed by atoms with Gasteiger partial charge in [0.15, 0.2) is 29.9 Å². The Morgan fingerprint density at radius 3 is 2.58 bits per heavy atom. The summed E-state index contributed by atoms with van der Waals surface area (Å²) >= 11 is 0. The third-order valence-electron chi connectivity index (χ3n) is 11.4. The van der Waals surface area contributed by atoms with Crippen molar-refractivity contribution in [1.82, 2.24) is 4.90 Å². The van der Waals surface area contributed by atoms with E-state index in [1.807, 2.05) is 20.8 Å². The van der Waals surface area contributed by atoms with Crippen LogP contribution in [0.15, 0.2) is 23.8 Å². The van der Waals surface area contributed by atoms with Crippen molar-refractivity contribution in [3.8, 4) is 0 Å². The second-order valence-corrected chi connectivity index (χ2v) is 18.0. The van der Waals surface area contributed by atoms with Crippen molar-refractivity contribution in [3.63, 3.8) is 0 Å². The van der Waals surface area contributed by atoms with Gasteiger partial charge in [-0.25, -0.2) is 13.6 Å². The monoisotopic (exact) mass is 715 g/mol. The lowest BCUT2D eigenvalue weighted by atomic mass is 9.44. The van der Waals surface area contributed by atoms with Crippen LogP contribution in [0.1, 0.15) is 73.1 Å². The molecule has 10 nitrogen and oxygen atoms in total. The molecule has 1 amide bonds. The topological polar surface area (TPSA) is 140 Å². The van der Waals surface area contributed by atoms with Crippen molar-refractivity contribution in [2.24, 2.45) is 22.7 Å². The number of allylic oxidation sites excluding steroid dienone is 4. The van der Waals surface area contributed by atoms with Crippen molar-refractivity contribution >= 4 is 45.2 Å². The van der Waals surface area contributed by atoms with Crippen LogP contribution in [-0.4, -0.2) is 105 Å². The van der Waals surface area contributed by atoms with E-state index in [0.29, 0.717) is 18.6 Å². The number of rotatable bonds is 12. The van der Waals surface area contributed by atoms with Gasteiger partial charge in [0.25, 0.3) is 0 Å². The summed E-state index contributed by atoms with van der Waals surface area (Å²) in [5.74, 6) is -3.02. The standard InChI is InChI=1S/C34H47F2NO9S2/c1-7-8-28-45-26-15-20-21-14-23(35)22-13-19(38)9-10-31(22,4)33(21,36)24(39)16-32(20,5)34(26,46-28)25(40)18-44-29(43)37(6)11-12-47-48-30(2,3)17-27(41)42/h9-10,13,20-21,23-24,26,28,39H,7-8,11-12,14-18H2,1-6H3,(H,41,42)/t20?,21-,23-,24-,26+,28?,31-,32-,33-,34+/m0/s1. The lowest BCUT2D eigenvalue weighted by Crippen LogP contribution is -2.71. The Hall–Kier alpha value is -2.00. The SMILES string of the molecule is CCCC1O[C@@H]2CC3[C@@H]4C[C@H](F)C5=CC(=O)C=C[C@]5(C)[C@@]4(F)[C@@H](O)C[C@]3(C)[C@]2(C(=O)COC(=O)N(C)CCSSC(C)(C)CC(=O)O)O1. The number of aliphatic hydroxyl groups excluding tert-OH is 1. The molecular weight excluding hydrogens is 669 g/mol. The number of ketones is 2. The zero-order valence-electron chi connectivity index (χ0n) is 28.3. The van der Waals surface area contributed by atoms with Gasteiger partial charge in [-0.1, -0.05) is 47.9 Å². The molecule has 0 bridgehead atoms. The zero-order chi connectivity index (χ0) is 35.4. The summed E-state index contributed by atoms with van der Waals surface area (Å²) in [4.78, 5) is 51.8. The third kappa shape index (κ3) is 5.94. The average Bonchev–Trinajstić information content (AvgIpc) is 3.48. The van der Waals surface area contributed by atoms with Crippen LogP contribution in [0.25, 0.3) is 0 Å². The Bertz CT molecular complexity index is 1390. The summed E-state index contributed by atoms with van der Waals surface area (Å²) in [7, 11) is 4.38. The molecule has 3 saturated carbocycles. The molecule has 14 heteroatoms. The largest absolute Gasteiger partial charge is 0.481 e. The minimum atomic E-state index is -2.32. The first-order valence-electron chi connectivity index (χ1n) is 16.6. The first-order chi connectivity index (χ1) is 22.4. The van der Waals surface area contributed by atoms with Crippen LogP contribution in [-0.2, 0) is 28.6 Å². The number of fused-ring (bicyclic) bond motifs is 7. The Morgan fingerprint density at radius 2 is 1.92 bits per heavy atom. The van der Waals surface area contributed by atoms with Gasteiger partial charge in [-0.15, -0.1) is 0 Å². The number of alkyl halides is 2. The highest BCUT2D eigenvalue weighted by molar-refractivity contribution is 8.77. The number of carbonyl (C=O) groups excluding carboxylic acids is 3. The summed E-state index contributed by atoms with van der Waals surface area (Å²) in [6.07, 6.45) is -0.867. The minimum absolute atomic E-state index is 0.00795. The number of aliphatic hydroxyl groups is 1. The van der Waals surface area contributed by atoms with Crippen LogP contribution in [0.4, 0.5) is 13.6 Å². The molecular formula is C34H47F2NO9S2. The van der Waals surface area contributed by atoms with Crippen molar-refractivity contribution < 1.29 is 52.4 Å². The highest BCUT2D eigenvalue weighted by Crippen LogP contribution is 2.72. The number of hydrogen-bond acceptors (Lipinski definition) is 10. The Morgan fingerprint density at radius 1 is 1.21 bits per heavy atom. The molecule has 1 saturated heterocycles. The van der Waals surface area contributed by atoms with E-state index < -0.39 is 93.6 Å². The first-order valence-corrected chi connectivity index (χ1v) is 18.9. The highest BCUT2D eigenvalue weighted by Gasteiger charge is 2.80. The average molecular weight is 716 g/mol. The molecule has 48 heavy (non-hydrogen) atoms. The number of carbonyl (C=O) groups is 4. The molecule has 4 fully saturated rings. The summed E-state index contributed by atoms with van der Waals surface area (Å²) in [5.41, 5.74) is -6.70. The summed E-state index contributed by atoms with van der Waals surface area (Å²) in [5, 5.41) is 20.8. The molecule has 0 aromatic rings. The van der Waals surface area contributed by atoms with E-state index in [4.69, 9.17) is 19.3 Å². The highest BCUT2D eigenvalue weighted by atomic mass is 33.1. The van der Waals surface area contributed by atoms with Gasteiger partial charge in [0.05, 0.1) is 18.6 Å². The van der Waals surface area contributed by atoms with E-state index in [1.165, 1.54) is 52.6 Å². The number of hydrogen-bond donors (Lipinski definition) is 2. The predicted molar refractivity (Wildman–Crippen MR) is 177 cm³/mol. The molecule has 0 aromatic heterocycles. The molecule has 5 aliphatic rings. The van der Waals surface area contributed by atoms with Crippen molar-refractivity contribution in [3.05, 3.63) is 23.8 Å². The molecule has 2 unspecified atom stereocenters. The van der Waals surface area contributed by atoms with Crippen molar-refractivity contribution in [2.75, 3.05) is 26.0 Å². The fourth-order valence-electron chi connectivity index (χ4n) is 9.09. The number of halogens is 2. The number of carboxylic acid groups (broad SMARTS) is 1. The van der Waals surface area contributed by atoms with Gasteiger partial charge in [0, 0.05) is 40.8 Å². The number of carboxylic acids is 1. The van der Waals surface area contributed by atoms with Crippen molar-refractivity contribution in [1.29, 1.82) is 0 Å². The Balaban J connectivity index is 1.34. The smallest absolute Gasteiger partial charge is 0.409 e. The molecule has 1 aliphatic heterocycles. The van der Waals surface area contributed by atoms with Gasteiger partial charge in [-0.05, 0) is 70.1 Å². The Kier molecular flexibility index (Phi) is 10.3. The summed E-state index contributed by atoms with van der Waals surface area (Å²) in [6, 6.07) is 0. The molecule has 5 rings (SSSR count). The molecule has 0 radical (unpaired) electrons. The van der Waals surface area contributed by atoms with E-state index >= 15 is 8.78 Å². The summed E-state index contributed by atoms with van der Waals surface area (Å²) < 4.78 is 51.3. The van der Waals surface area contributed by atoms with Gasteiger partial charge < -0.3 is 29.3 Å². The quantitative estimate of drug-likeness (QED) is 0.197. The molecule has 2 N–H and O–H groups in total. The van der Waals surface area contributed by atoms with Gasteiger partial charge in [-0.3, -0.25) is 14.4 Å². The van der Waals surface area contributed by atoms with E-state index in [1.54, 1.807) is 6.92 Å². The van der Waals surface area contributed by atoms with Crippen LogP contribution in [0.5, 0.6) is 0 Å². The van der Waals surface area contributed by atoms with Crippen LogP contribution >= 0.6 is 21.6 Å². The van der Waals surface area contributed by atoms with Gasteiger partial charge in [-0.2, -0.15) is 0 Å². The fraction of sp³-hybridized carbons (Fsp3) is 0.765. The maximum Gasteiger partial charge on any atom is 0.409 e. The van der Waals surface area contributed by atoms with E-state index in [2.05, 4.69) is 0 Å².